The normalized spacial score (nSPS) is 10.1. The molecule has 100 valence electrons. The summed E-state index contributed by atoms with van der Waals surface area (Å²) < 4.78 is 0. The Morgan fingerprint density at radius 3 is 2.72 bits per heavy atom. The van der Waals surface area contributed by atoms with E-state index in [2.05, 4.69) is 22.2 Å². The molecule has 0 saturated heterocycles. The maximum absolute atomic E-state index is 11.7. The van der Waals surface area contributed by atoms with Gasteiger partial charge in [0.15, 0.2) is 0 Å². The molecular formula is C13H22N4O. The predicted molar refractivity (Wildman–Crippen MR) is 72.3 cm³/mol. The molecule has 18 heavy (non-hydrogen) atoms. The maximum Gasteiger partial charge on any atom is 0.222 e. The van der Waals surface area contributed by atoms with Gasteiger partial charge in [-0.25, -0.2) is 9.97 Å². The number of aromatic nitrogens is 2. The molecule has 0 aliphatic heterocycles. The molecule has 0 spiro atoms. The largest absolute Gasteiger partial charge is 0.354 e. The van der Waals surface area contributed by atoms with Gasteiger partial charge in [-0.1, -0.05) is 13.3 Å². The van der Waals surface area contributed by atoms with Crippen LogP contribution < -0.4 is 5.32 Å². The highest BCUT2D eigenvalue weighted by Gasteiger charge is 2.07. The third kappa shape index (κ3) is 5.61. The van der Waals surface area contributed by atoms with E-state index in [1.807, 2.05) is 11.9 Å². The van der Waals surface area contributed by atoms with Crippen LogP contribution in [0.5, 0.6) is 0 Å². The molecule has 0 aromatic carbocycles. The van der Waals surface area contributed by atoms with Gasteiger partial charge in [-0.05, 0) is 18.9 Å². The van der Waals surface area contributed by atoms with Crippen molar-refractivity contribution < 1.29 is 4.79 Å². The average molecular weight is 250 g/mol. The van der Waals surface area contributed by atoms with Crippen molar-refractivity contribution in [3.63, 3.8) is 0 Å². The van der Waals surface area contributed by atoms with Gasteiger partial charge in [0.05, 0.1) is 0 Å². The van der Waals surface area contributed by atoms with Crippen LogP contribution in [0.2, 0.25) is 0 Å². The summed E-state index contributed by atoms with van der Waals surface area (Å²) in [6.07, 6.45) is 6.94. The van der Waals surface area contributed by atoms with Crippen LogP contribution in [0.4, 0.5) is 5.95 Å². The first-order chi connectivity index (χ1) is 8.74. The lowest BCUT2D eigenvalue weighted by Gasteiger charge is -2.16. The molecular weight excluding hydrogens is 228 g/mol. The number of anilines is 1. The standard InChI is InChI=1S/C13H22N4O/c1-3-4-11-17(2)12(18)7-5-8-14-13-15-9-6-10-16-13/h6,9-10H,3-5,7-8,11H2,1-2H3,(H,14,15,16). The van der Waals surface area contributed by atoms with Crippen molar-refractivity contribution in [2.24, 2.45) is 0 Å². The molecule has 1 amide bonds. The van der Waals surface area contributed by atoms with E-state index in [1.54, 1.807) is 18.5 Å². The number of carbonyl (C=O) groups is 1. The summed E-state index contributed by atoms with van der Waals surface area (Å²) in [6, 6.07) is 1.78. The number of carbonyl (C=O) groups excluding carboxylic acids is 1. The van der Waals surface area contributed by atoms with Crippen molar-refractivity contribution in [3.05, 3.63) is 18.5 Å². The second kappa shape index (κ2) is 8.44. The highest BCUT2D eigenvalue weighted by atomic mass is 16.2. The van der Waals surface area contributed by atoms with Crippen molar-refractivity contribution in [2.75, 3.05) is 25.5 Å². The zero-order valence-electron chi connectivity index (χ0n) is 11.2. The Hall–Kier alpha value is -1.65. The number of nitrogens with zero attached hydrogens (tertiary/aromatic N) is 3. The molecule has 1 aromatic heterocycles. The van der Waals surface area contributed by atoms with Gasteiger partial charge in [0.2, 0.25) is 11.9 Å². The molecule has 0 atom stereocenters. The highest BCUT2D eigenvalue weighted by molar-refractivity contribution is 5.75. The minimum atomic E-state index is 0.208. The zero-order valence-corrected chi connectivity index (χ0v) is 11.2. The van der Waals surface area contributed by atoms with Crippen molar-refractivity contribution in [1.29, 1.82) is 0 Å². The van der Waals surface area contributed by atoms with Crippen LogP contribution in [0.25, 0.3) is 0 Å². The number of nitrogens with one attached hydrogen (secondary N) is 1. The molecule has 1 heterocycles. The van der Waals surface area contributed by atoms with Crippen molar-refractivity contribution in [3.8, 4) is 0 Å². The fourth-order valence-corrected chi connectivity index (χ4v) is 1.54. The third-order valence-corrected chi connectivity index (χ3v) is 2.69. The van der Waals surface area contributed by atoms with Gasteiger partial charge in [-0.2, -0.15) is 0 Å². The molecule has 0 fully saturated rings. The highest BCUT2D eigenvalue weighted by Crippen LogP contribution is 2.00. The van der Waals surface area contributed by atoms with Gasteiger partial charge in [0.25, 0.3) is 0 Å². The molecule has 0 bridgehead atoms. The summed E-state index contributed by atoms with van der Waals surface area (Å²) in [5.41, 5.74) is 0. The lowest BCUT2D eigenvalue weighted by atomic mass is 10.2. The SMILES string of the molecule is CCCCN(C)C(=O)CCCNc1ncccn1. The van der Waals surface area contributed by atoms with Crippen molar-refractivity contribution in [2.45, 2.75) is 32.6 Å². The summed E-state index contributed by atoms with van der Waals surface area (Å²) >= 11 is 0. The Morgan fingerprint density at radius 2 is 2.06 bits per heavy atom. The van der Waals surface area contributed by atoms with E-state index in [0.717, 1.165) is 32.4 Å². The first kappa shape index (κ1) is 14.4. The Kier molecular flexibility index (Phi) is 6.76. The van der Waals surface area contributed by atoms with E-state index in [0.29, 0.717) is 12.4 Å². The van der Waals surface area contributed by atoms with E-state index >= 15 is 0 Å². The monoisotopic (exact) mass is 250 g/mol. The van der Waals surface area contributed by atoms with E-state index in [1.165, 1.54) is 0 Å². The van der Waals surface area contributed by atoms with Gasteiger partial charge in [-0.3, -0.25) is 4.79 Å². The van der Waals surface area contributed by atoms with Crippen LogP contribution in [-0.2, 0) is 4.79 Å². The topological polar surface area (TPSA) is 58.1 Å². The minimum Gasteiger partial charge on any atom is -0.354 e. The van der Waals surface area contributed by atoms with Crippen LogP contribution >= 0.6 is 0 Å². The number of hydrogen-bond donors (Lipinski definition) is 1. The van der Waals surface area contributed by atoms with E-state index < -0.39 is 0 Å². The van der Waals surface area contributed by atoms with Crippen LogP contribution in [0, 0.1) is 0 Å². The molecule has 1 N–H and O–H groups in total. The molecule has 1 rings (SSSR count). The summed E-state index contributed by atoms with van der Waals surface area (Å²) in [5, 5.41) is 3.09. The maximum atomic E-state index is 11.7. The summed E-state index contributed by atoms with van der Waals surface area (Å²) in [4.78, 5) is 21.6. The number of hydrogen-bond acceptors (Lipinski definition) is 4. The number of rotatable bonds is 8. The Morgan fingerprint density at radius 1 is 1.33 bits per heavy atom. The lowest BCUT2D eigenvalue weighted by molar-refractivity contribution is -0.130. The predicted octanol–water partition coefficient (Wildman–Crippen LogP) is 1.93. The van der Waals surface area contributed by atoms with Gasteiger partial charge in [0.1, 0.15) is 0 Å². The third-order valence-electron chi connectivity index (χ3n) is 2.69. The van der Waals surface area contributed by atoms with Crippen molar-refractivity contribution >= 4 is 11.9 Å². The summed E-state index contributed by atoms with van der Waals surface area (Å²) in [5.74, 6) is 0.823. The fourth-order valence-electron chi connectivity index (χ4n) is 1.54. The van der Waals surface area contributed by atoms with Gasteiger partial charge < -0.3 is 10.2 Å². The number of amides is 1. The van der Waals surface area contributed by atoms with Crippen LogP contribution in [0.1, 0.15) is 32.6 Å². The molecule has 0 radical (unpaired) electrons. The second-order valence-electron chi connectivity index (χ2n) is 4.27. The Bertz CT molecular complexity index is 342. The van der Waals surface area contributed by atoms with Crippen LogP contribution in [0.3, 0.4) is 0 Å². The van der Waals surface area contributed by atoms with E-state index in [-0.39, 0.29) is 5.91 Å². The van der Waals surface area contributed by atoms with Crippen LogP contribution in [0.15, 0.2) is 18.5 Å². The Balaban J connectivity index is 2.12. The lowest BCUT2D eigenvalue weighted by Crippen LogP contribution is -2.27. The first-order valence-corrected chi connectivity index (χ1v) is 6.49. The van der Waals surface area contributed by atoms with Gasteiger partial charge in [0, 0.05) is 39.0 Å². The molecule has 0 aliphatic rings. The minimum absolute atomic E-state index is 0.208. The van der Waals surface area contributed by atoms with Gasteiger partial charge >= 0.3 is 0 Å². The first-order valence-electron chi connectivity index (χ1n) is 6.49. The molecule has 1 aromatic rings. The molecule has 0 saturated carbocycles. The van der Waals surface area contributed by atoms with Crippen LogP contribution in [-0.4, -0.2) is 40.9 Å². The molecule has 0 aliphatic carbocycles. The fraction of sp³-hybridized carbons (Fsp3) is 0.615. The Labute approximate surface area is 109 Å². The van der Waals surface area contributed by atoms with E-state index in [9.17, 15) is 4.79 Å². The quantitative estimate of drug-likeness (QED) is 0.716. The zero-order chi connectivity index (χ0) is 13.2. The van der Waals surface area contributed by atoms with Crippen molar-refractivity contribution in [1.82, 2.24) is 14.9 Å². The summed E-state index contributed by atoms with van der Waals surface area (Å²) in [6.45, 7) is 3.70. The second-order valence-corrected chi connectivity index (χ2v) is 4.27. The average Bonchev–Trinajstić information content (AvgIpc) is 2.41. The summed E-state index contributed by atoms with van der Waals surface area (Å²) in [7, 11) is 1.87. The molecule has 0 unspecified atom stereocenters. The molecule has 5 heteroatoms. The smallest absolute Gasteiger partial charge is 0.222 e. The number of unbranched alkanes of at least 4 members (excludes halogenated alkanes) is 1. The molecule has 5 nitrogen and oxygen atoms in total. The van der Waals surface area contributed by atoms with E-state index in [4.69, 9.17) is 0 Å². The van der Waals surface area contributed by atoms with Gasteiger partial charge in [-0.15, -0.1) is 0 Å².